The molecule has 0 aliphatic rings. The van der Waals surface area contributed by atoms with E-state index in [1.54, 1.807) is 18.5 Å². The van der Waals surface area contributed by atoms with Gasteiger partial charge in [0.15, 0.2) is 0 Å². The van der Waals surface area contributed by atoms with Crippen molar-refractivity contribution in [2.45, 2.75) is 19.9 Å². The van der Waals surface area contributed by atoms with Crippen molar-refractivity contribution in [3.63, 3.8) is 0 Å². The molecule has 5 heteroatoms. The molecule has 0 saturated carbocycles. The molecule has 2 heterocycles. The number of rotatable bonds is 2. The molecular formula is C15H15ClN4. The van der Waals surface area contributed by atoms with Crippen LogP contribution in [0.5, 0.6) is 0 Å². The lowest BCUT2D eigenvalue weighted by atomic mass is 10.2. The summed E-state index contributed by atoms with van der Waals surface area (Å²) in [6, 6.07) is 7.86. The fraction of sp³-hybridized carbons (Fsp3) is 0.200. The van der Waals surface area contributed by atoms with Crippen LogP contribution in [0.3, 0.4) is 0 Å². The topological polar surface area (TPSA) is 56.7 Å². The van der Waals surface area contributed by atoms with Gasteiger partial charge < -0.3 is 10.3 Å². The van der Waals surface area contributed by atoms with Crippen LogP contribution in [0.2, 0.25) is 5.02 Å². The number of nitrogen functional groups attached to an aromatic ring is 1. The van der Waals surface area contributed by atoms with Gasteiger partial charge in [0.05, 0.1) is 22.4 Å². The van der Waals surface area contributed by atoms with E-state index >= 15 is 0 Å². The zero-order chi connectivity index (χ0) is 14.3. The fourth-order valence-corrected chi connectivity index (χ4v) is 2.52. The van der Waals surface area contributed by atoms with Crippen molar-refractivity contribution >= 4 is 28.3 Å². The van der Waals surface area contributed by atoms with Crippen LogP contribution in [0, 0.1) is 0 Å². The Balaban J connectivity index is 2.29. The number of hydrogen-bond acceptors (Lipinski definition) is 3. The Bertz CT molecular complexity index is 777. The molecule has 2 N–H and O–H groups in total. The predicted molar refractivity (Wildman–Crippen MR) is 82.8 cm³/mol. The lowest BCUT2D eigenvalue weighted by Gasteiger charge is -2.13. The van der Waals surface area contributed by atoms with Crippen molar-refractivity contribution in [2.75, 3.05) is 5.73 Å². The number of aromatic nitrogens is 3. The van der Waals surface area contributed by atoms with E-state index in [9.17, 15) is 0 Å². The number of hydrogen-bond donors (Lipinski definition) is 1. The Hall–Kier alpha value is -2.07. The monoisotopic (exact) mass is 286 g/mol. The summed E-state index contributed by atoms with van der Waals surface area (Å²) in [6.45, 7) is 4.26. The molecule has 0 aliphatic heterocycles. The molecule has 0 unspecified atom stereocenters. The van der Waals surface area contributed by atoms with Gasteiger partial charge in [0.1, 0.15) is 11.3 Å². The maximum absolute atomic E-state index is 6.12. The van der Waals surface area contributed by atoms with Gasteiger partial charge in [-0.3, -0.25) is 4.98 Å². The molecule has 0 atom stereocenters. The summed E-state index contributed by atoms with van der Waals surface area (Å²) in [5, 5.41) is 0.544. The summed E-state index contributed by atoms with van der Waals surface area (Å²) in [7, 11) is 0. The van der Waals surface area contributed by atoms with E-state index in [2.05, 4.69) is 28.4 Å². The minimum absolute atomic E-state index is 0.286. The van der Waals surface area contributed by atoms with Crippen LogP contribution in [0.15, 0.2) is 36.7 Å². The second-order valence-electron chi connectivity index (χ2n) is 5.00. The number of fused-ring (bicyclic) bond motifs is 1. The average Bonchev–Trinajstić information content (AvgIpc) is 2.81. The highest BCUT2D eigenvalue weighted by Gasteiger charge is 2.15. The third kappa shape index (κ3) is 2.02. The van der Waals surface area contributed by atoms with E-state index in [0.717, 1.165) is 22.4 Å². The van der Waals surface area contributed by atoms with Gasteiger partial charge in [-0.1, -0.05) is 11.6 Å². The minimum Gasteiger partial charge on any atom is -0.398 e. The molecule has 0 aliphatic carbocycles. The molecule has 20 heavy (non-hydrogen) atoms. The normalized spacial score (nSPS) is 11.4. The lowest BCUT2D eigenvalue weighted by molar-refractivity contribution is 0.624. The van der Waals surface area contributed by atoms with E-state index in [1.807, 2.05) is 18.2 Å². The smallest absolute Gasteiger partial charge is 0.141 e. The standard InChI is InChI=1S/C15H15ClN4/c1-9(2)20-14-5-6-18-8-13(14)19-15(20)10-3-4-12(17)11(16)7-10/h3-9H,17H2,1-2H3. The highest BCUT2D eigenvalue weighted by molar-refractivity contribution is 6.33. The number of benzene rings is 1. The van der Waals surface area contributed by atoms with Crippen molar-refractivity contribution in [3.8, 4) is 11.4 Å². The SMILES string of the molecule is CC(C)n1c(-c2ccc(N)c(Cl)c2)nc2cnccc21. The van der Waals surface area contributed by atoms with Crippen LogP contribution < -0.4 is 5.73 Å². The second kappa shape index (κ2) is 4.80. The fourth-order valence-electron chi connectivity index (χ4n) is 2.34. The van der Waals surface area contributed by atoms with Crippen molar-refractivity contribution in [2.24, 2.45) is 0 Å². The number of nitrogens with two attached hydrogens (primary N) is 1. The van der Waals surface area contributed by atoms with Crippen molar-refractivity contribution in [1.82, 2.24) is 14.5 Å². The molecule has 0 amide bonds. The first-order chi connectivity index (χ1) is 9.58. The third-order valence-corrected chi connectivity index (χ3v) is 3.59. The van der Waals surface area contributed by atoms with E-state index in [4.69, 9.17) is 17.3 Å². The Morgan fingerprint density at radius 3 is 2.75 bits per heavy atom. The zero-order valence-electron chi connectivity index (χ0n) is 11.3. The van der Waals surface area contributed by atoms with Gasteiger partial charge in [0.25, 0.3) is 0 Å². The molecule has 0 spiro atoms. The Morgan fingerprint density at radius 2 is 2.05 bits per heavy atom. The molecule has 0 fully saturated rings. The predicted octanol–water partition coefficient (Wildman–Crippen LogP) is 3.91. The van der Waals surface area contributed by atoms with Crippen molar-refractivity contribution < 1.29 is 0 Å². The third-order valence-electron chi connectivity index (χ3n) is 3.27. The number of pyridine rings is 1. The summed E-state index contributed by atoms with van der Waals surface area (Å²) in [6.07, 6.45) is 3.55. The van der Waals surface area contributed by atoms with Crippen LogP contribution in [0.4, 0.5) is 5.69 Å². The maximum Gasteiger partial charge on any atom is 0.141 e. The molecular weight excluding hydrogens is 272 g/mol. The van der Waals surface area contributed by atoms with Gasteiger partial charge in [0, 0.05) is 17.8 Å². The maximum atomic E-state index is 6.12. The highest BCUT2D eigenvalue weighted by atomic mass is 35.5. The van der Waals surface area contributed by atoms with Gasteiger partial charge in [-0.05, 0) is 38.1 Å². The minimum atomic E-state index is 0.286. The van der Waals surface area contributed by atoms with Crippen LogP contribution in [0.1, 0.15) is 19.9 Å². The zero-order valence-corrected chi connectivity index (χ0v) is 12.1. The molecule has 3 aromatic rings. The summed E-state index contributed by atoms with van der Waals surface area (Å²) < 4.78 is 2.18. The molecule has 2 aromatic heterocycles. The molecule has 0 bridgehead atoms. The molecule has 1 aromatic carbocycles. The summed E-state index contributed by atoms with van der Waals surface area (Å²) in [4.78, 5) is 8.81. The second-order valence-corrected chi connectivity index (χ2v) is 5.41. The highest BCUT2D eigenvalue weighted by Crippen LogP contribution is 2.31. The van der Waals surface area contributed by atoms with Gasteiger partial charge in [-0.25, -0.2) is 4.98 Å². The molecule has 3 rings (SSSR count). The lowest BCUT2D eigenvalue weighted by Crippen LogP contribution is -2.03. The summed E-state index contributed by atoms with van der Waals surface area (Å²) in [5.74, 6) is 0.880. The summed E-state index contributed by atoms with van der Waals surface area (Å²) in [5.41, 5.74) is 9.24. The van der Waals surface area contributed by atoms with E-state index in [-0.39, 0.29) is 6.04 Å². The first-order valence-corrected chi connectivity index (χ1v) is 6.83. The quantitative estimate of drug-likeness (QED) is 0.727. The number of anilines is 1. The van der Waals surface area contributed by atoms with Crippen LogP contribution >= 0.6 is 11.6 Å². The summed E-state index contributed by atoms with van der Waals surface area (Å²) >= 11 is 6.12. The number of halogens is 1. The van der Waals surface area contributed by atoms with Gasteiger partial charge in [0.2, 0.25) is 0 Å². The average molecular weight is 287 g/mol. The molecule has 0 radical (unpaired) electrons. The van der Waals surface area contributed by atoms with Crippen LogP contribution in [-0.2, 0) is 0 Å². The van der Waals surface area contributed by atoms with E-state index in [1.165, 1.54) is 0 Å². The Labute approximate surface area is 122 Å². The Kier molecular flexibility index (Phi) is 3.10. The van der Waals surface area contributed by atoms with Gasteiger partial charge >= 0.3 is 0 Å². The van der Waals surface area contributed by atoms with Crippen molar-refractivity contribution in [1.29, 1.82) is 0 Å². The van der Waals surface area contributed by atoms with E-state index < -0.39 is 0 Å². The Morgan fingerprint density at radius 1 is 1.25 bits per heavy atom. The first kappa shape index (κ1) is 12.9. The van der Waals surface area contributed by atoms with Gasteiger partial charge in [-0.15, -0.1) is 0 Å². The van der Waals surface area contributed by atoms with Gasteiger partial charge in [-0.2, -0.15) is 0 Å². The van der Waals surface area contributed by atoms with E-state index in [0.29, 0.717) is 10.7 Å². The number of imidazole rings is 1. The largest absolute Gasteiger partial charge is 0.398 e. The molecule has 4 nitrogen and oxygen atoms in total. The molecule has 102 valence electrons. The number of nitrogens with zero attached hydrogens (tertiary/aromatic N) is 3. The molecule has 0 saturated heterocycles. The van der Waals surface area contributed by atoms with Crippen LogP contribution in [-0.4, -0.2) is 14.5 Å². The van der Waals surface area contributed by atoms with Crippen LogP contribution in [0.25, 0.3) is 22.4 Å². The van der Waals surface area contributed by atoms with Crippen molar-refractivity contribution in [3.05, 3.63) is 41.7 Å². The first-order valence-electron chi connectivity index (χ1n) is 6.45.